The minimum atomic E-state index is 0.174. The summed E-state index contributed by atoms with van der Waals surface area (Å²) in [4.78, 5) is 10.8. The molecule has 0 bridgehead atoms. The average molecular weight is 188 g/mol. The quantitative estimate of drug-likeness (QED) is 0.667. The zero-order valence-corrected chi connectivity index (χ0v) is 8.79. The number of hydrogen-bond acceptors (Lipinski definition) is 1. The van der Waals surface area contributed by atoms with Crippen molar-refractivity contribution in [2.45, 2.75) is 32.1 Å². The lowest BCUT2D eigenvalue weighted by Crippen LogP contribution is -2.09. The highest BCUT2D eigenvalue weighted by Crippen LogP contribution is 2.55. The third kappa shape index (κ3) is 1.28. The van der Waals surface area contributed by atoms with Gasteiger partial charge in [0.15, 0.2) is 0 Å². The lowest BCUT2D eigenvalue weighted by Gasteiger charge is -2.14. The van der Waals surface area contributed by atoms with E-state index in [1.165, 1.54) is 11.1 Å². The van der Waals surface area contributed by atoms with Crippen LogP contribution < -0.4 is 0 Å². The van der Waals surface area contributed by atoms with Crippen LogP contribution in [0.15, 0.2) is 24.3 Å². The van der Waals surface area contributed by atoms with Gasteiger partial charge < -0.3 is 4.79 Å². The maximum atomic E-state index is 10.8. The summed E-state index contributed by atoms with van der Waals surface area (Å²) >= 11 is 0. The SMILES string of the molecule is CCC1(c2cccc(C)c2)CC1C=O. The molecule has 0 amide bonds. The van der Waals surface area contributed by atoms with Gasteiger partial charge >= 0.3 is 0 Å². The van der Waals surface area contributed by atoms with Gasteiger partial charge in [-0.3, -0.25) is 0 Å². The van der Waals surface area contributed by atoms with E-state index in [9.17, 15) is 4.79 Å². The average Bonchev–Trinajstić information content (AvgIpc) is 2.93. The van der Waals surface area contributed by atoms with Crippen LogP contribution in [0.1, 0.15) is 30.9 Å². The molecule has 14 heavy (non-hydrogen) atoms. The zero-order chi connectivity index (χ0) is 10.2. The molecular formula is C13H16O. The predicted octanol–water partition coefficient (Wildman–Crippen LogP) is 2.86. The van der Waals surface area contributed by atoms with E-state index in [4.69, 9.17) is 0 Å². The van der Waals surface area contributed by atoms with Crippen molar-refractivity contribution in [3.63, 3.8) is 0 Å². The molecule has 0 aliphatic heterocycles. The molecule has 1 aliphatic carbocycles. The van der Waals surface area contributed by atoms with Gasteiger partial charge in [0.05, 0.1) is 0 Å². The lowest BCUT2D eigenvalue weighted by molar-refractivity contribution is -0.109. The molecule has 1 aliphatic rings. The standard InChI is InChI=1S/C13H16O/c1-3-13(8-12(13)9-14)11-6-4-5-10(2)7-11/h4-7,9,12H,3,8H2,1-2H3. The fourth-order valence-electron chi connectivity index (χ4n) is 2.41. The first kappa shape index (κ1) is 9.45. The van der Waals surface area contributed by atoms with E-state index in [1.807, 2.05) is 0 Å². The summed E-state index contributed by atoms with van der Waals surface area (Å²) < 4.78 is 0. The molecule has 0 spiro atoms. The van der Waals surface area contributed by atoms with Crippen LogP contribution in [0.4, 0.5) is 0 Å². The van der Waals surface area contributed by atoms with Crippen LogP contribution >= 0.6 is 0 Å². The molecule has 0 radical (unpaired) electrons. The Morgan fingerprint density at radius 1 is 1.57 bits per heavy atom. The summed E-state index contributed by atoms with van der Waals surface area (Å²) in [5.41, 5.74) is 2.80. The van der Waals surface area contributed by atoms with Crippen molar-refractivity contribution in [3.8, 4) is 0 Å². The largest absolute Gasteiger partial charge is 0.303 e. The molecule has 2 atom stereocenters. The monoisotopic (exact) mass is 188 g/mol. The molecule has 0 heterocycles. The Morgan fingerprint density at radius 3 is 2.86 bits per heavy atom. The van der Waals surface area contributed by atoms with Gasteiger partial charge in [-0.2, -0.15) is 0 Å². The Labute approximate surface area is 85.1 Å². The van der Waals surface area contributed by atoms with Gasteiger partial charge in [-0.15, -0.1) is 0 Å². The van der Waals surface area contributed by atoms with Gasteiger partial charge in [-0.05, 0) is 25.3 Å². The van der Waals surface area contributed by atoms with E-state index in [0.29, 0.717) is 0 Å². The Kier molecular flexibility index (Phi) is 2.18. The second-order valence-electron chi connectivity index (χ2n) is 4.33. The first-order valence-corrected chi connectivity index (χ1v) is 5.25. The van der Waals surface area contributed by atoms with Crippen LogP contribution in [0.25, 0.3) is 0 Å². The highest BCUT2D eigenvalue weighted by atomic mass is 16.1. The van der Waals surface area contributed by atoms with E-state index in [0.717, 1.165) is 19.1 Å². The maximum Gasteiger partial charge on any atom is 0.123 e. The van der Waals surface area contributed by atoms with Crippen LogP contribution in [0.2, 0.25) is 0 Å². The van der Waals surface area contributed by atoms with Gasteiger partial charge in [-0.25, -0.2) is 0 Å². The zero-order valence-electron chi connectivity index (χ0n) is 8.79. The molecule has 74 valence electrons. The third-order valence-electron chi connectivity index (χ3n) is 3.52. The van der Waals surface area contributed by atoms with Gasteiger partial charge in [0.25, 0.3) is 0 Å². The summed E-state index contributed by atoms with van der Waals surface area (Å²) in [5.74, 6) is 0.259. The fourth-order valence-corrected chi connectivity index (χ4v) is 2.41. The summed E-state index contributed by atoms with van der Waals surface area (Å²) in [5, 5.41) is 0. The topological polar surface area (TPSA) is 17.1 Å². The van der Waals surface area contributed by atoms with Gasteiger partial charge in [0.2, 0.25) is 0 Å². The molecule has 2 rings (SSSR count). The first-order chi connectivity index (χ1) is 6.73. The Balaban J connectivity index is 2.34. The minimum absolute atomic E-state index is 0.174. The first-order valence-electron chi connectivity index (χ1n) is 5.25. The van der Waals surface area contributed by atoms with Crippen LogP contribution in [0.3, 0.4) is 0 Å². The lowest BCUT2D eigenvalue weighted by atomic mass is 9.90. The molecule has 1 aromatic rings. The molecule has 0 saturated heterocycles. The van der Waals surface area contributed by atoms with Gasteiger partial charge in [-0.1, -0.05) is 36.8 Å². The normalized spacial score (nSPS) is 30.0. The van der Waals surface area contributed by atoms with Gasteiger partial charge in [0.1, 0.15) is 6.29 Å². The number of hydrogen-bond donors (Lipinski definition) is 0. The molecule has 1 fully saturated rings. The van der Waals surface area contributed by atoms with Crippen molar-refractivity contribution in [2.75, 3.05) is 0 Å². The third-order valence-corrected chi connectivity index (χ3v) is 3.52. The smallest absolute Gasteiger partial charge is 0.123 e. The van der Waals surface area contributed by atoms with Crippen LogP contribution in [-0.4, -0.2) is 6.29 Å². The van der Waals surface area contributed by atoms with Gasteiger partial charge in [0, 0.05) is 11.3 Å². The Hall–Kier alpha value is -1.11. The Morgan fingerprint density at radius 2 is 2.36 bits per heavy atom. The number of rotatable bonds is 3. The highest BCUT2D eigenvalue weighted by molar-refractivity contribution is 5.64. The second kappa shape index (κ2) is 3.23. The van der Waals surface area contributed by atoms with Crippen molar-refractivity contribution in [1.29, 1.82) is 0 Å². The molecule has 1 saturated carbocycles. The van der Waals surface area contributed by atoms with E-state index < -0.39 is 0 Å². The molecular weight excluding hydrogens is 172 g/mol. The van der Waals surface area contributed by atoms with Crippen molar-refractivity contribution in [2.24, 2.45) is 5.92 Å². The van der Waals surface area contributed by atoms with E-state index in [-0.39, 0.29) is 11.3 Å². The molecule has 0 N–H and O–H groups in total. The van der Waals surface area contributed by atoms with E-state index >= 15 is 0 Å². The maximum absolute atomic E-state index is 10.8. The molecule has 1 heteroatoms. The summed E-state index contributed by atoms with van der Waals surface area (Å²) in [6.07, 6.45) is 3.22. The predicted molar refractivity (Wildman–Crippen MR) is 57.3 cm³/mol. The van der Waals surface area contributed by atoms with Crippen molar-refractivity contribution in [1.82, 2.24) is 0 Å². The van der Waals surface area contributed by atoms with Crippen molar-refractivity contribution in [3.05, 3.63) is 35.4 Å². The summed E-state index contributed by atoms with van der Waals surface area (Å²) in [7, 11) is 0. The number of carbonyl (C=O) groups is 1. The number of carbonyl (C=O) groups excluding carboxylic acids is 1. The van der Waals surface area contributed by atoms with Crippen LogP contribution in [-0.2, 0) is 10.2 Å². The fraction of sp³-hybridized carbons (Fsp3) is 0.462. The van der Waals surface area contributed by atoms with E-state index in [1.54, 1.807) is 0 Å². The number of aldehydes is 1. The van der Waals surface area contributed by atoms with Crippen LogP contribution in [0.5, 0.6) is 0 Å². The summed E-state index contributed by atoms with van der Waals surface area (Å²) in [6, 6.07) is 8.56. The van der Waals surface area contributed by atoms with Crippen LogP contribution in [0, 0.1) is 12.8 Å². The number of aryl methyl sites for hydroxylation is 1. The molecule has 0 aromatic heterocycles. The minimum Gasteiger partial charge on any atom is -0.303 e. The highest BCUT2D eigenvalue weighted by Gasteiger charge is 2.53. The van der Waals surface area contributed by atoms with E-state index in [2.05, 4.69) is 38.1 Å². The second-order valence-corrected chi connectivity index (χ2v) is 4.33. The summed E-state index contributed by atoms with van der Waals surface area (Å²) in [6.45, 7) is 4.27. The van der Waals surface area contributed by atoms with Crippen molar-refractivity contribution >= 4 is 6.29 Å². The number of benzene rings is 1. The molecule has 1 nitrogen and oxygen atoms in total. The molecule has 2 unspecified atom stereocenters. The molecule has 1 aromatic carbocycles. The Bertz CT molecular complexity index is 356. The van der Waals surface area contributed by atoms with Crippen molar-refractivity contribution < 1.29 is 4.79 Å².